The van der Waals surface area contributed by atoms with Crippen LogP contribution >= 0.6 is 0 Å². The molecule has 0 spiro atoms. The van der Waals surface area contributed by atoms with E-state index in [-0.39, 0.29) is 6.04 Å². The predicted molar refractivity (Wildman–Crippen MR) is 93.1 cm³/mol. The number of nitrogens with one attached hydrogen (secondary N) is 1. The maximum atomic E-state index is 5.70. The highest BCUT2D eigenvalue weighted by atomic mass is 16.5. The summed E-state index contributed by atoms with van der Waals surface area (Å²) in [5.74, 6) is 0.934. The molecule has 4 rings (SSSR count). The van der Waals surface area contributed by atoms with Gasteiger partial charge in [0, 0.05) is 24.8 Å². The number of aromatic nitrogens is 2. The van der Waals surface area contributed by atoms with Gasteiger partial charge in [0.25, 0.3) is 0 Å². The van der Waals surface area contributed by atoms with Gasteiger partial charge in [-0.3, -0.25) is 10.00 Å². The molecule has 3 aromatic rings. The van der Waals surface area contributed by atoms with Gasteiger partial charge >= 0.3 is 0 Å². The molecule has 1 atom stereocenters. The Balaban J connectivity index is 1.72. The second-order valence-corrected chi connectivity index (χ2v) is 6.04. The fraction of sp³-hybridized carbons (Fsp3) is 0.316. The summed E-state index contributed by atoms with van der Waals surface area (Å²) in [6.45, 7) is 3.13. The molecule has 5 nitrogen and oxygen atoms in total. The van der Waals surface area contributed by atoms with E-state index in [0.717, 1.165) is 31.1 Å². The van der Waals surface area contributed by atoms with Crippen LogP contribution in [-0.2, 0) is 11.3 Å². The summed E-state index contributed by atoms with van der Waals surface area (Å²) in [5.41, 5.74) is 2.32. The third-order valence-corrected chi connectivity index (χ3v) is 4.70. The number of morpholine rings is 1. The Bertz CT molecular complexity index is 817. The van der Waals surface area contributed by atoms with Gasteiger partial charge in [0.2, 0.25) is 0 Å². The number of hydrogen-bond donors (Lipinski definition) is 1. The number of methoxy groups -OCH3 is 1. The highest BCUT2D eigenvalue weighted by molar-refractivity contribution is 5.87. The highest BCUT2D eigenvalue weighted by Crippen LogP contribution is 2.32. The average Bonchev–Trinajstić information content (AvgIpc) is 3.17. The fourth-order valence-electron chi connectivity index (χ4n) is 3.44. The van der Waals surface area contributed by atoms with Crippen LogP contribution in [0.25, 0.3) is 10.8 Å². The molecule has 0 saturated carbocycles. The number of benzene rings is 2. The Labute approximate surface area is 141 Å². The summed E-state index contributed by atoms with van der Waals surface area (Å²) in [6, 6.07) is 14.8. The van der Waals surface area contributed by atoms with Crippen LogP contribution in [0.15, 0.2) is 48.7 Å². The molecule has 2 heterocycles. The Kier molecular flexibility index (Phi) is 4.19. The molecule has 1 saturated heterocycles. The lowest BCUT2D eigenvalue weighted by molar-refractivity contribution is -0.0143. The molecular weight excluding hydrogens is 302 g/mol. The molecule has 0 radical (unpaired) electrons. The molecule has 1 fully saturated rings. The molecule has 5 heteroatoms. The standard InChI is InChI=1S/C19H21N3O2/c1-23-19-7-6-14-4-2-3-5-15(14)16(19)12-22-10-11-24-13-18(22)17-8-9-20-21-17/h2-9,18H,10-13H2,1H3,(H,20,21)/t18-/m1/s1. The fourth-order valence-corrected chi connectivity index (χ4v) is 3.44. The van der Waals surface area contributed by atoms with Crippen LogP contribution in [0.5, 0.6) is 5.75 Å². The Morgan fingerprint density at radius 1 is 1.25 bits per heavy atom. The van der Waals surface area contributed by atoms with Gasteiger partial charge in [0.15, 0.2) is 0 Å². The molecule has 1 aromatic heterocycles. The Morgan fingerprint density at radius 2 is 2.17 bits per heavy atom. The summed E-state index contributed by atoms with van der Waals surface area (Å²) in [6.07, 6.45) is 1.79. The second-order valence-electron chi connectivity index (χ2n) is 6.04. The van der Waals surface area contributed by atoms with Crippen molar-refractivity contribution in [2.45, 2.75) is 12.6 Å². The van der Waals surface area contributed by atoms with Crippen LogP contribution in [0.3, 0.4) is 0 Å². The van der Waals surface area contributed by atoms with Crippen LogP contribution in [0, 0.1) is 0 Å². The SMILES string of the molecule is COc1ccc2ccccc2c1CN1CCOC[C@@H]1c1ccn[nH]1. The number of nitrogens with zero attached hydrogens (tertiary/aromatic N) is 2. The monoisotopic (exact) mass is 323 g/mol. The topological polar surface area (TPSA) is 50.4 Å². The van der Waals surface area contributed by atoms with Crippen LogP contribution in [-0.4, -0.2) is 42.0 Å². The smallest absolute Gasteiger partial charge is 0.123 e. The van der Waals surface area contributed by atoms with Gasteiger partial charge in [-0.25, -0.2) is 0 Å². The molecule has 0 aliphatic carbocycles. The van der Waals surface area contributed by atoms with Crippen molar-refractivity contribution in [3.05, 3.63) is 59.9 Å². The largest absolute Gasteiger partial charge is 0.496 e. The van der Waals surface area contributed by atoms with Crippen molar-refractivity contribution < 1.29 is 9.47 Å². The average molecular weight is 323 g/mol. The first-order valence-corrected chi connectivity index (χ1v) is 8.22. The zero-order chi connectivity index (χ0) is 16.4. The third-order valence-electron chi connectivity index (χ3n) is 4.70. The number of hydrogen-bond acceptors (Lipinski definition) is 4. The third kappa shape index (κ3) is 2.77. The summed E-state index contributed by atoms with van der Waals surface area (Å²) in [5, 5.41) is 9.65. The number of ether oxygens (including phenoxy) is 2. The number of H-pyrrole nitrogens is 1. The van der Waals surface area contributed by atoms with Gasteiger partial charge in [-0.15, -0.1) is 0 Å². The van der Waals surface area contributed by atoms with Gasteiger partial charge in [0.05, 0.1) is 32.1 Å². The van der Waals surface area contributed by atoms with E-state index in [1.807, 2.05) is 6.07 Å². The van der Waals surface area contributed by atoms with Crippen molar-refractivity contribution in [1.82, 2.24) is 15.1 Å². The zero-order valence-corrected chi connectivity index (χ0v) is 13.7. The van der Waals surface area contributed by atoms with Gasteiger partial charge < -0.3 is 9.47 Å². The van der Waals surface area contributed by atoms with E-state index in [9.17, 15) is 0 Å². The van der Waals surface area contributed by atoms with Crippen molar-refractivity contribution in [2.75, 3.05) is 26.9 Å². The lowest BCUT2D eigenvalue weighted by Crippen LogP contribution is -2.39. The molecule has 0 amide bonds. The lowest BCUT2D eigenvalue weighted by Gasteiger charge is -2.35. The maximum Gasteiger partial charge on any atom is 0.123 e. The molecule has 1 aliphatic rings. The first-order chi connectivity index (χ1) is 11.9. The van der Waals surface area contributed by atoms with Gasteiger partial charge in [-0.2, -0.15) is 5.10 Å². The molecule has 24 heavy (non-hydrogen) atoms. The van der Waals surface area contributed by atoms with Crippen molar-refractivity contribution >= 4 is 10.8 Å². The van der Waals surface area contributed by atoms with Crippen LogP contribution in [0.4, 0.5) is 0 Å². The Hall–Kier alpha value is -2.37. The highest BCUT2D eigenvalue weighted by Gasteiger charge is 2.27. The van der Waals surface area contributed by atoms with Crippen molar-refractivity contribution in [1.29, 1.82) is 0 Å². The zero-order valence-electron chi connectivity index (χ0n) is 13.7. The van der Waals surface area contributed by atoms with E-state index in [1.165, 1.54) is 16.3 Å². The van der Waals surface area contributed by atoms with Gasteiger partial charge in [-0.05, 0) is 22.9 Å². The number of rotatable bonds is 4. The normalized spacial score (nSPS) is 18.8. The number of fused-ring (bicyclic) bond motifs is 1. The molecule has 0 unspecified atom stereocenters. The molecule has 1 aliphatic heterocycles. The maximum absolute atomic E-state index is 5.70. The second kappa shape index (κ2) is 6.63. The minimum absolute atomic E-state index is 0.185. The first-order valence-electron chi connectivity index (χ1n) is 8.22. The van der Waals surface area contributed by atoms with E-state index in [0.29, 0.717) is 6.61 Å². The minimum atomic E-state index is 0.185. The minimum Gasteiger partial charge on any atom is -0.496 e. The van der Waals surface area contributed by atoms with E-state index in [2.05, 4.69) is 51.5 Å². The van der Waals surface area contributed by atoms with E-state index in [4.69, 9.17) is 9.47 Å². The summed E-state index contributed by atoms with van der Waals surface area (Å²) < 4.78 is 11.3. The van der Waals surface area contributed by atoms with Gasteiger partial charge in [-0.1, -0.05) is 30.3 Å². The quantitative estimate of drug-likeness (QED) is 0.801. The number of aromatic amines is 1. The van der Waals surface area contributed by atoms with Crippen LogP contribution in [0.2, 0.25) is 0 Å². The van der Waals surface area contributed by atoms with Crippen LogP contribution in [0.1, 0.15) is 17.3 Å². The van der Waals surface area contributed by atoms with E-state index in [1.54, 1.807) is 13.3 Å². The molecule has 0 bridgehead atoms. The molecule has 124 valence electrons. The Morgan fingerprint density at radius 3 is 3.00 bits per heavy atom. The first kappa shape index (κ1) is 15.2. The summed E-state index contributed by atoms with van der Waals surface area (Å²) in [4.78, 5) is 2.43. The van der Waals surface area contributed by atoms with Crippen molar-refractivity contribution in [3.8, 4) is 5.75 Å². The van der Waals surface area contributed by atoms with E-state index >= 15 is 0 Å². The van der Waals surface area contributed by atoms with Crippen molar-refractivity contribution in [3.63, 3.8) is 0 Å². The summed E-state index contributed by atoms with van der Waals surface area (Å²) in [7, 11) is 1.74. The molecule has 2 aromatic carbocycles. The van der Waals surface area contributed by atoms with Crippen LogP contribution < -0.4 is 4.74 Å². The molecule has 1 N–H and O–H groups in total. The van der Waals surface area contributed by atoms with Gasteiger partial charge in [0.1, 0.15) is 5.75 Å². The predicted octanol–water partition coefficient (Wildman–Crippen LogP) is 3.15. The molecular formula is C19H21N3O2. The lowest BCUT2D eigenvalue weighted by atomic mass is 10.0. The van der Waals surface area contributed by atoms with Crippen molar-refractivity contribution in [2.24, 2.45) is 0 Å². The summed E-state index contributed by atoms with van der Waals surface area (Å²) >= 11 is 0. The van der Waals surface area contributed by atoms with E-state index < -0.39 is 0 Å².